The van der Waals surface area contributed by atoms with Crippen molar-refractivity contribution < 1.29 is 14.0 Å². The highest BCUT2D eigenvalue weighted by Crippen LogP contribution is 2.11. The number of amides is 2. The summed E-state index contributed by atoms with van der Waals surface area (Å²) in [6, 6.07) is 12.2. The zero-order valence-corrected chi connectivity index (χ0v) is 14.1. The zero-order valence-electron chi connectivity index (χ0n) is 14.1. The predicted molar refractivity (Wildman–Crippen MR) is 93.1 cm³/mol. The summed E-state index contributed by atoms with van der Waals surface area (Å²) < 4.78 is 5.25. The second-order valence-electron chi connectivity index (χ2n) is 6.09. The Morgan fingerprint density at radius 2 is 1.83 bits per heavy atom. The van der Waals surface area contributed by atoms with Gasteiger partial charge in [-0.25, -0.2) is 0 Å². The van der Waals surface area contributed by atoms with Gasteiger partial charge in [0, 0.05) is 17.2 Å². The van der Waals surface area contributed by atoms with Gasteiger partial charge in [0.15, 0.2) is 0 Å². The molecule has 2 amide bonds. The van der Waals surface area contributed by atoms with E-state index >= 15 is 0 Å². The van der Waals surface area contributed by atoms with E-state index in [1.807, 2.05) is 26.8 Å². The summed E-state index contributed by atoms with van der Waals surface area (Å²) in [7, 11) is 0. The highest BCUT2D eigenvalue weighted by atomic mass is 16.3. The van der Waals surface area contributed by atoms with E-state index in [-0.39, 0.29) is 23.1 Å². The molecule has 0 aliphatic heterocycles. The summed E-state index contributed by atoms with van der Waals surface area (Å²) in [5.74, 6) is -0.219. The van der Waals surface area contributed by atoms with Crippen molar-refractivity contribution in [2.24, 2.45) is 0 Å². The molecule has 1 aromatic heterocycles. The van der Waals surface area contributed by atoms with Crippen molar-refractivity contribution in [3.63, 3.8) is 0 Å². The van der Waals surface area contributed by atoms with E-state index in [1.54, 1.807) is 36.4 Å². The van der Waals surface area contributed by atoms with E-state index in [4.69, 9.17) is 4.42 Å². The first-order valence-electron chi connectivity index (χ1n) is 7.85. The fourth-order valence-corrected chi connectivity index (χ4v) is 1.92. The lowest BCUT2D eigenvalue weighted by Crippen LogP contribution is -2.46. The van der Waals surface area contributed by atoms with Crippen LogP contribution in [0.25, 0.3) is 6.08 Å². The van der Waals surface area contributed by atoms with Crippen molar-refractivity contribution in [1.29, 1.82) is 0 Å². The van der Waals surface area contributed by atoms with E-state index in [0.717, 1.165) is 6.42 Å². The lowest BCUT2D eigenvalue weighted by atomic mass is 10.0. The number of furan rings is 1. The third-order valence-corrected chi connectivity index (χ3v) is 3.69. The van der Waals surface area contributed by atoms with Gasteiger partial charge in [-0.05, 0) is 44.5 Å². The normalized spacial score (nSPS) is 11.9. The predicted octanol–water partition coefficient (Wildman–Crippen LogP) is 3.36. The average Bonchev–Trinajstić information content (AvgIpc) is 3.07. The van der Waals surface area contributed by atoms with Crippen LogP contribution < -0.4 is 10.6 Å². The van der Waals surface area contributed by atoms with E-state index in [1.165, 1.54) is 12.3 Å². The topological polar surface area (TPSA) is 71.3 Å². The maximum absolute atomic E-state index is 12.6. The Morgan fingerprint density at radius 3 is 2.42 bits per heavy atom. The van der Waals surface area contributed by atoms with Gasteiger partial charge in [0.2, 0.25) is 0 Å². The number of hydrogen-bond donors (Lipinski definition) is 2. The fraction of sp³-hybridized carbons (Fsp3) is 0.263. The van der Waals surface area contributed by atoms with Crippen LogP contribution in [0, 0.1) is 0 Å². The van der Waals surface area contributed by atoms with Crippen LogP contribution in [-0.4, -0.2) is 17.4 Å². The van der Waals surface area contributed by atoms with Gasteiger partial charge in [-0.15, -0.1) is 0 Å². The molecule has 0 unspecified atom stereocenters. The molecule has 0 saturated heterocycles. The molecule has 1 heterocycles. The minimum Gasteiger partial charge on any atom is -0.465 e. The lowest BCUT2D eigenvalue weighted by Gasteiger charge is -2.25. The Hall–Kier alpha value is -2.82. The molecule has 2 rings (SSSR count). The first-order valence-corrected chi connectivity index (χ1v) is 7.85. The number of carbonyl (C=O) groups excluding carboxylic acids is 2. The molecule has 1 aromatic carbocycles. The van der Waals surface area contributed by atoms with Gasteiger partial charge in [-0.3, -0.25) is 9.59 Å². The van der Waals surface area contributed by atoms with Crippen LogP contribution in [0.1, 0.15) is 43.3 Å². The van der Waals surface area contributed by atoms with Gasteiger partial charge >= 0.3 is 0 Å². The molecular formula is C19H22N2O3. The Morgan fingerprint density at radius 1 is 1.12 bits per heavy atom. The molecule has 0 radical (unpaired) electrons. The first-order chi connectivity index (χ1) is 11.4. The fourth-order valence-electron chi connectivity index (χ4n) is 1.92. The molecule has 0 saturated carbocycles. The minimum absolute atomic E-state index is 0.139. The largest absolute Gasteiger partial charge is 0.465 e. The van der Waals surface area contributed by atoms with Gasteiger partial charge in [0.1, 0.15) is 11.5 Å². The molecule has 0 spiro atoms. The van der Waals surface area contributed by atoms with Crippen molar-refractivity contribution in [2.45, 2.75) is 32.7 Å². The summed E-state index contributed by atoms with van der Waals surface area (Å²) in [4.78, 5) is 24.9. The van der Waals surface area contributed by atoms with E-state index in [0.29, 0.717) is 11.3 Å². The van der Waals surface area contributed by atoms with Crippen LogP contribution in [-0.2, 0) is 4.79 Å². The number of benzene rings is 1. The van der Waals surface area contributed by atoms with Crippen molar-refractivity contribution in [2.75, 3.05) is 0 Å². The third kappa shape index (κ3) is 4.84. The molecule has 0 atom stereocenters. The second-order valence-corrected chi connectivity index (χ2v) is 6.09. The monoisotopic (exact) mass is 326 g/mol. The zero-order chi connectivity index (χ0) is 17.6. The van der Waals surface area contributed by atoms with Crippen LogP contribution in [0.3, 0.4) is 0 Å². The standard InChI is InChI=1S/C19H22N2O3/c1-4-19(2,3)21-18(23)16(13-15-11-8-12-24-15)20-17(22)14-9-6-5-7-10-14/h5-13H,4H2,1-3H3,(H,20,22)(H,21,23)/b16-13-. The molecule has 5 heteroatoms. The summed E-state index contributed by atoms with van der Waals surface area (Å²) in [5, 5.41) is 5.58. The minimum atomic E-state index is -0.378. The number of carbonyl (C=O) groups is 2. The quantitative estimate of drug-likeness (QED) is 0.800. The highest BCUT2D eigenvalue weighted by molar-refractivity contribution is 6.05. The summed E-state index contributed by atoms with van der Waals surface area (Å²) in [6.45, 7) is 5.83. The van der Waals surface area contributed by atoms with Gasteiger partial charge in [-0.2, -0.15) is 0 Å². The molecule has 24 heavy (non-hydrogen) atoms. The maximum atomic E-state index is 12.6. The van der Waals surface area contributed by atoms with Crippen LogP contribution in [0.15, 0.2) is 58.8 Å². The smallest absolute Gasteiger partial charge is 0.268 e. The van der Waals surface area contributed by atoms with Gasteiger partial charge in [0.25, 0.3) is 11.8 Å². The molecule has 126 valence electrons. The summed E-state index contributed by atoms with van der Waals surface area (Å²) in [6.07, 6.45) is 3.79. The molecule has 0 aliphatic rings. The third-order valence-electron chi connectivity index (χ3n) is 3.69. The summed E-state index contributed by atoms with van der Waals surface area (Å²) >= 11 is 0. The highest BCUT2D eigenvalue weighted by Gasteiger charge is 2.22. The Labute approximate surface area is 141 Å². The van der Waals surface area contributed by atoms with Crippen LogP contribution in [0.4, 0.5) is 0 Å². The molecule has 0 fully saturated rings. The van der Waals surface area contributed by atoms with Crippen molar-refractivity contribution in [3.05, 3.63) is 65.7 Å². The van der Waals surface area contributed by atoms with Crippen molar-refractivity contribution >= 4 is 17.9 Å². The maximum Gasteiger partial charge on any atom is 0.268 e. The molecule has 0 aliphatic carbocycles. The van der Waals surface area contributed by atoms with E-state index in [2.05, 4.69) is 10.6 Å². The first kappa shape index (κ1) is 17.5. The number of nitrogens with one attached hydrogen (secondary N) is 2. The van der Waals surface area contributed by atoms with Crippen molar-refractivity contribution in [1.82, 2.24) is 10.6 Å². The SMILES string of the molecule is CCC(C)(C)NC(=O)/C(=C/c1ccco1)NC(=O)c1ccccc1. The Bertz CT molecular complexity index is 716. The van der Waals surface area contributed by atoms with Gasteiger partial charge in [0.05, 0.1) is 6.26 Å². The van der Waals surface area contributed by atoms with Crippen molar-refractivity contribution in [3.8, 4) is 0 Å². The molecule has 2 N–H and O–H groups in total. The van der Waals surface area contributed by atoms with Crippen LogP contribution in [0.2, 0.25) is 0 Å². The summed E-state index contributed by atoms with van der Waals surface area (Å²) in [5.41, 5.74) is 0.238. The lowest BCUT2D eigenvalue weighted by molar-refractivity contribution is -0.119. The molecule has 5 nitrogen and oxygen atoms in total. The average molecular weight is 326 g/mol. The van der Waals surface area contributed by atoms with E-state index < -0.39 is 0 Å². The van der Waals surface area contributed by atoms with E-state index in [9.17, 15) is 9.59 Å². The van der Waals surface area contributed by atoms with Gasteiger partial charge < -0.3 is 15.1 Å². The number of rotatable bonds is 6. The molecular weight excluding hydrogens is 304 g/mol. The Kier molecular flexibility index (Phi) is 5.58. The second kappa shape index (κ2) is 7.64. The molecule has 2 aromatic rings. The number of hydrogen-bond acceptors (Lipinski definition) is 3. The Balaban J connectivity index is 2.24. The van der Waals surface area contributed by atoms with Crippen LogP contribution >= 0.6 is 0 Å². The van der Waals surface area contributed by atoms with Crippen LogP contribution in [0.5, 0.6) is 0 Å². The molecule has 0 bridgehead atoms. The van der Waals surface area contributed by atoms with Gasteiger partial charge in [-0.1, -0.05) is 25.1 Å².